The summed E-state index contributed by atoms with van der Waals surface area (Å²) in [5.74, 6) is -0.515. The van der Waals surface area contributed by atoms with Gasteiger partial charge in [0.05, 0.1) is 18.0 Å². The molecule has 4 N–H and O–H groups in total. The monoisotopic (exact) mass is 608 g/mol. The smallest absolute Gasteiger partial charge is 0.459 e. The summed E-state index contributed by atoms with van der Waals surface area (Å²) in [5.41, 5.74) is 4.72. The predicted molar refractivity (Wildman–Crippen MR) is 136 cm³/mol. The van der Waals surface area contributed by atoms with Crippen molar-refractivity contribution in [3.8, 4) is 5.75 Å². The van der Waals surface area contributed by atoms with Crippen LogP contribution in [-0.2, 0) is 18.6 Å². The average molecular weight is 609 g/mol. The van der Waals surface area contributed by atoms with Crippen LogP contribution in [0.3, 0.4) is 0 Å². The van der Waals surface area contributed by atoms with Gasteiger partial charge in [0.1, 0.15) is 29.1 Å². The number of benzene rings is 1. The zero-order valence-corrected chi connectivity index (χ0v) is 22.9. The van der Waals surface area contributed by atoms with Gasteiger partial charge in [0.15, 0.2) is 6.17 Å². The number of esters is 1. The number of carbonyl (C=O) groups excluding carboxylic acids is 1. The van der Waals surface area contributed by atoms with Crippen molar-refractivity contribution in [3.63, 3.8) is 0 Å². The number of thioether (sulfide) groups is 1. The van der Waals surface area contributed by atoms with Gasteiger partial charge in [-0.05, 0) is 51.1 Å². The molecular formula is C21H27BrFN4O7PS. The Morgan fingerprint density at radius 3 is 2.61 bits per heavy atom. The molecule has 15 heteroatoms. The fraction of sp³-hybridized carbons (Fsp3) is 0.476. The molecule has 0 saturated carbocycles. The number of aliphatic hydroxyl groups excluding tert-OH is 1. The van der Waals surface area contributed by atoms with Crippen LogP contribution in [-0.4, -0.2) is 56.9 Å². The standard InChI is InChI=1S/C21H27BrFN4O7PS/c1-11(2)33-20(29)12(3)26-35(31,34-14-6-4-13(22)5-7-14)32-10-15-18(28)17(23)19(36-15)27-9-8-16(24)25-21(27)30/h4-9,11-12,15,17-19,28H,10H2,1-3H3,(H,26,31)(H2,24,25,30)/t12-,15+,17-,18?,19+,35?/m0/s1. The summed E-state index contributed by atoms with van der Waals surface area (Å²) in [4.78, 5) is 28.0. The largest absolute Gasteiger partial charge is 0.462 e. The third-order valence-corrected chi connectivity index (χ3v) is 8.63. The number of halogens is 2. The van der Waals surface area contributed by atoms with Gasteiger partial charge in [0.2, 0.25) is 0 Å². The number of alkyl halides is 1. The molecule has 2 aromatic rings. The van der Waals surface area contributed by atoms with Gasteiger partial charge < -0.3 is 20.1 Å². The van der Waals surface area contributed by atoms with Crippen molar-refractivity contribution in [3.05, 3.63) is 51.5 Å². The fourth-order valence-electron chi connectivity index (χ4n) is 3.20. The van der Waals surface area contributed by atoms with Crippen LogP contribution in [0.15, 0.2) is 45.8 Å². The van der Waals surface area contributed by atoms with Crippen molar-refractivity contribution in [2.24, 2.45) is 0 Å². The van der Waals surface area contributed by atoms with Gasteiger partial charge in [0, 0.05) is 10.7 Å². The van der Waals surface area contributed by atoms with Crippen LogP contribution in [0.4, 0.5) is 10.2 Å². The number of ether oxygens (including phenoxy) is 1. The molecule has 3 rings (SSSR count). The van der Waals surface area contributed by atoms with E-state index < -0.39 is 61.1 Å². The van der Waals surface area contributed by atoms with Gasteiger partial charge in [0.25, 0.3) is 0 Å². The summed E-state index contributed by atoms with van der Waals surface area (Å²) in [7, 11) is -4.23. The Bertz CT molecular complexity index is 1170. The number of carbonyl (C=O) groups is 1. The van der Waals surface area contributed by atoms with E-state index in [1.807, 2.05) is 0 Å². The zero-order valence-electron chi connectivity index (χ0n) is 19.6. The van der Waals surface area contributed by atoms with Gasteiger partial charge in [-0.15, -0.1) is 11.8 Å². The van der Waals surface area contributed by atoms with Crippen LogP contribution < -0.4 is 21.0 Å². The number of nitrogens with two attached hydrogens (primary N) is 1. The summed E-state index contributed by atoms with van der Waals surface area (Å²) >= 11 is 4.21. The lowest BCUT2D eigenvalue weighted by atomic mass is 10.1. The first-order valence-corrected chi connectivity index (χ1v) is 14.2. The Kier molecular flexibility index (Phi) is 9.58. The summed E-state index contributed by atoms with van der Waals surface area (Å²) in [6.45, 7) is 4.35. The lowest BCUT2D eigenvalue weighted by Crippen LogP contribution is -2.37. The fourth-order valence-corrected chi connectivity index (χ4v) is 6.50. The van der Waals surface area contributed by atoms with Gasteiger partial charge in [-0.2, -0.15) is 10.1 Å². The molecule has 2 heterocycles. The Hall–Kier alpha value is -1.96. The summed E-state index contributed by atoms with van der Waals surface area (Å²) in [6, 6.07) is 6.65. The van der Waals surface area contributed by atoms with E-state index in [0.717, 1.165) is 20.8 Å². The molecule has 198 valence electrons. The van der Waals surface area contributed by atoms with Crippen LogP contribution in [0.1, 0.15) is 26.1 Å². The number of nitrogens with one attached hydrogen (secondary N) is 1. The second kappa shape index (κ2) is 12.1. The molecule has 36 heavy (non-hydrogen) atoms. The van der Waals surface area contributed by atoms with E-state index in [1.165, 1.54) is 31.3 Å². The molecule has 1 saturated heterocycles. The molecule has 6 atom stereocenters. The first kappa shape index (κ1) is 28.6. The molecule has 1 aromatic heterocycles. The van der Waals surface area contributed by atoms with Crippen molar-refractivity contribution >= 4 is 47.2 Å². The average Bonchev–Trinajstić information content (AvgIpc) is 3.07. The molecule has 0 radical (unpaired) electrons. The maximum Gasteiger partial charge on any atom is 0.459 e. The third-order valence-electron chi connectivity index (χ3n) is 4.92. The Morgan fingerprint density at radius 1 is 1.33 bits per heavy atom. The Morgan fingerprint density at radius 2 is 2.00 bits per heavy atom. The van der Waals surface area contributed by atoms with E-state index in [9.17, 15) is 23.7 Å². The maximum absolute atomic E-state index is 14.9. The Balaban J connectivity index is 1.76. The van der Waals surface area contributed by atoms with Gasteiger partial charge >= 0.3 is 19.4 Å². The van der Waals surface area contributed by atoms with Gasteiger partial charge in [-0.3, -0.25) is 13.9 Å². The number of aromatic nitrogens is 2. The molecule has 1 fully saturated rings. The first-order chi connectivity index (χ1) is 16.9. The first-order valence-electron chi connectivity index (χ1n) is 10.9. The highest BCUT2D eigenvalue weighted by Gasteiger charge is 2.46. The molecular weight excluding hydrogens is 582 g/mol. The highest BCUT2D eigenvalue weighted by atomic mass is 79.9. The van der Waals surface area contributed by atoms with E-state index >= 15 is 0 Å². The van der Waals surface area contributed by atoms with Crippen LogP contribution in [0, 0.1) is 0 Å². The van der Waals surface area contributed by atoms with Crippen molar-refractivity contribution in [1.82, 2.24) is 14.6 Å². The van der Waals surface area contributed by atoms with Crippen molar-refractivity contribution in [2.75, 3.05) is 12.3 Å². The predicted octanol–water partition coefficient (Wildman–Crippen LogP) is 3.03. The number of anilines is 1. The molecule has 1 aliphatic rings. The van der Waals surface area contributed by atoms with Crippen LogP contribution in [0.25, 0.3) is 0 Å². The molecule has 11 nitrogen and oxygen atoms in total. The van der Waals surface area contributed by atoms with Crippen LogP contribution >= 0.6 is 35.4 Å². The van der Waals surface area contributed by atoms with E-state index in [-0.39, 0.29) is 11.6 Å². The maximum atomic E-state index is 14.9. The SMILES string of the molecule is CC(C)OC(=O)[C@H](C)NP(=O)(OC[C@H]1S[C@@H](n2ccc(N)nc2=O)[C@@H](F)C1O)Oc1ccc(Br)cc1. The highest BCUT2D eigenvalue weighted by Crippen LogP contribution is 2.49. The third kappa shape index (κ3) is 7.30. The van der Waals surface area contributed by atoms with Crippen molar-refractivity contribution in [2.45, 2.75) is 55.8 Å². The number of nitrogens with zero attached hydrogens (tertiary/aromatic N) is 2. The van der Waals surface area contributed by atoms with Crippen LogP contribution in [0.5, 0.6) is 5.75 Å². The topological polar surface area (TPSA) is 155 Å². The highest BCUT2D eigenvalue weighted by molar-refractivity contribution is 9.10. The summed E-state index contributed by atoms with van der Waals surface area (Å²) < 4.78 is 46.6. The molecule has 1 aliphatic heterocycles. The minimum atomic E-state index is -4.23. The van der Waals surface area contributed by atoms with E-state index in [1.54, 1.807) is 26.0 Å². The number of aliphatic hydroxyl groups is 1. The normalized spacial score (nSPS) is 24.3. The zero-order chi connectivity index (χ0) is 26.6. The minimum absolute atomic E-state index is 0.0164. The van der Waals surface area contributed by atoms with E-state index in [4.69, 9.17) is 19.5 Å². The van der Waals surface area contributed by atoms with Crippen molar-refractivity contribution < 1.29 is 32.6 Å². The second-order valence-corrected chi connectivity index (χ2v) is 12.2. The van der Waals surface area contributed by atoms with Gasteiger partial charge in [-0.25, -0.2) is 13.8 Å². The molecule has 2 unspecified atom stereocenters. The molecule has 0 bridgehead atoms. The summed E-state index contributed by atoms with van der Waals surface area (Å²) in [6.07, 6.45) is -2.50. The van der Waals surface area contributed by atoms with E-state index in [0.29, 0.717) is 0 Å². The van der Waals surface area contributed by atoms with Gasteiger partial charge in [-0.1, -0.05) is 15.9 Å². The lowest BCUT2D eigenvalue weighted by molar-refractivity contribution is -0.149. The summed E-state index contributed by atoms with van der Waals surface area (Å²) in [5, 5.41) is 11.0. The molecule has 0 spiro atoms. The second-order valence-electron chi connectivity index (χ2n) is 8.22. The molecule has 0 amide bonds. The van der Waals surface area contributed by atoms with E-state index in [2.05, 4.69) is 26.0 Å². The van der Waals surface area contributed by atoms with Crippen LogP contribution in [0.2, 0.25) is 0 Å². The van der Waals surface area contributed by atoms with Crippen molar-refractivity contribution in [1.29, 1.82) is 0 Å². The number of rotatable bonds is 10. The Labute approximate surface area is 219 Å². The number of hydrogen-bond acceptors (Lipinski definition) is 10. The number of hydrogen-bond donors (Lipinski definition) is 3. The molecule has 1 aromatic carbocycles. The lowest BCUT2D eigenvalue weighted by Gasteiger charge is -2.25. The quantitative estimate of drug-likeness (QED) is 0.269. The molecule has 0 aliphatic carbocycles. The minimum Gasteiger partial charge on any atom is -0.462 e. The number of nitrogen functional groups attached to an aromatic ring is 1.